The lowest BCUT2D eigenvalue weighted by Gasteiger charge is -2.28. The molecule has 2 N–H and O–H groups in total. The van der Waals surface area contributed by atoms with Crippen LogP contribution in [0.15, 0.2) is 29.2 Å². The molecule has 6 heteroatoms. The molecular weight excluding hydrogens is 290 g/mol. The first-order chi connectivity index (χ1) is 9.78. The van der Waals surface area contributed by atoms with Gasteiger partial charge in [0.15, 0.2) is 5.78 Å². The molecule has 0 aliphatic rings. The molecule has 1 aromatic rings. The Labute approximate surface area is 126 Å². The minimum Gasteiger partial charge on any atom is -0.396 e. The van der Waals surface area contributed by atoms with Crippen molar-refractivity contribution in [3.63, 3.8) is 0 Å². The fourth-order valence-corrected chi connectivity index (χ4v) is 3.52. The van der Waals surface area contributed by atoms with Crippen LogP contribution >= 0.6 is 0 Å². The second-order valence-electron chi connectivity index (χ2n) is 5.30. The molecule has 1 rings (SSSR count). The summed E-state index contributed by atoms with van der Waals surface area (Å²) >= 11 is 0. The number of carbonyl (C=O) groups is 1. The number of Topliss-reactive ketones (excluding diaryl/α,β-unsaturated/α-hetero) is 1. The molecule has 5 nitrogen and oxygen atoms in total. The highest BCUT2D eigenvalue weighted by molar-refractivity contribution is 7.89. The number of aliphatic hydroxyl groups is 1. The maximum absolute atomic E-state index is 12.4. The van der Waals surface area contributed by atoms with E-state index in [2.05, 4.69) is 4.72 Å². The highest BCUT2D eigenvalue weighted by Gasteiger charge is 2.28. The molecule has 0 saturated heterocycles. The molecule has 0 heterocycles. The lowest BCUT2D eigenvalue weighted by Crippen LogP contribution is -2.46. The molecule has 0 aromatic heterocycles. The van der Waals surface area contributed by atoms with Gasteiger partial charge in [-0.2, -0.15) is 0 Å². The quantitative estimate of drug-likeness (QED) is 0.720. The Balaban J connectivity index is 3.11. The molecule has 0 aliphatic heterocycles. The van der Waals surface area contributed by atoms with E-state index in [1.165, 1.54) is 12.1 Å². The first kappa shape index (κ1) is 17.8. The number of benzene rings is 1. The Kier molecular flexibility index (Phi) is 6.07. The fourth-order valence-electron chi connectivity index (χ4n) is 1.97. The maximum Gasteiger partial charge on any atom is 0.241 e. The average molecular weight is 313 g/mol. The molecule has 1 unspecified atom stereocenters. The normalized spacial score (nSPS) is 14.7. The first-order valence-corrected chi connectivity index (χ1v) is 8.54. The van der Waals surface area contributed by atoms with Crippen molar-refractivity contribution >= 4 is 15.8 Å². The summed E-state index contributed by atoms with van der Waals surface area (Å²) in [6.45, 7) is 5.25. The Hall–Kier alpha value is -1.24. The van der Waals surface area contributed by atoms with Crippen LogP contribution < -0.4 is 4.72 Å². The van der Waals surface area contributed by atoms with E-state index >= 15 is 0 Å². The van der Waals surface area contributed by atoms with Gasteiger partial charge in [0, 0.05) is 24.1 Å². The minimum absolute atomic E-state index is 0.0689. The molecule has 21 heavy (non-hydrogen) atoms. The summed E-state index contributed by atoms with van der Waals surface area (Å²) in [4.78, 5) is 11.8. The smallest absolute Gasteiger partial charge is 0.241 e. The van der Waals surface area contributed by atoms with Crippen LogP contribution in [0.3, 0.4) is 0 Å². The molecule has 0 saturated carbocycles. The van der Waals surface area contributed by atoms with Gasteiger partial charge in [-0.15, -0.1) is 0 Å². The topological polar surface area (TPSA) is 83.5 Å². The third kappa shape index (κ3) is 4.62. The van der Waals surface area contributed by atoms with Crippen LogP contribution in [0, 0.1) is 0 Å². The second kappa shape index (κ2) is 7.15. The van der Waals surface area contributed by atoms with Crippen LogP contribution in [-0.2, 0) is 10.0 Å². The van der Waals surface area contributed by atoms with E-state index in [0.717, 1.165) is 0 Å². The van der Waals surface area contributed by atoms with E-state index in [1.807, 2.05) is 6.92 Å². The number of sulfonamides is 1. The number of carbonyl (C=O) groups excluding carboxylic acids is 1. The summed E-state index contributed by atoms with van der Waals surface area (Å²) in [5.74, 6) is -0.0966. The Morgan fingerprint density at radius 3 is 2.52 bits per heavy atom. The summed E-state index contributed by atoms with van der Waals surface area (Å²) in [5, 5.41) is 9.07. The zero-order chi connectivity index (χ0) is 16.1. The monoisotopic (exact) mass is 313 g/mol. The molecule has 0 bridgehead atoms. The van der Waals surface area contributed by atoms with Gasteiger partial charge in [-0.3, -0.25) is 4.79 Å². The van der Waals surface area contributed by atoms with Gasteiger partial charge in [0.2, 0.25) is 10.0 Å². The number of ketones is 1. The molecule has 0 fully saturated rings. The van der Waals surface area contributed by atoms with Crippen molar-refractivity contribution < 1.29 is 18.3 Å². The van der Waals surface area contributed by atoms with Crippen LogP contribution in [0.1, 0.15) is 50.4 Å². The predicted octanol–water partition coefficient (Wildman–Crippen LogP) is 2.11. The molecule has 0 aliphatic carbocycles. The Bertz CT molecular complexity index is 597. The van der Waals surface area contributed by atoms with Crippen molar-refractivity contribution in [2.75, 3.05) is 6.61 Å². The third-order valence-electron chi connectivity index (χ3n) is 3.61. The number of aliphatic hydroxyl groups excluding tert-OH is 1. The lowest BCUT2D eigenvalue weighted by molar-refractivity contribution is 0.0988. The summed E-state index contributed by atoms with van der Waals surface area (Å²) < 4.78 is 27.5. The third-order valence-corrected chi connectivity index (χ3v) is 5.25. The van der Waals surface area contributed by atoms with E-state index in [9.17, 15) is 13.2 Å². The molecule has 0 amide bonds. The van der Waals surface area contributed by atoms with Gasteiger partial charge < -0.3 is 5.11 Å². The van der Waals surface area contributed by atoms with Crippen molar-refractivity contribution in [3.05, 3.63) is 29.8 Å². The van der Waals surface area contributed by atoms with Crippen molar-refractivity contribution in [3.8, 4) is 0 Å². The predicted molar refractivity (Wildman–Crippen MR) is 81.8 cm³/mol. The molecule has 0 spiro atoms. The van der Waals surface area contributed by atoms with Gasteiger partial charge in [-0.1, -0.05) is 26.0 Å². The lowest BCUT2D eigenvalue weighted by atomic mass is 9.97. The van der Waals surface area contributed by atoms with Gasteiger partial charge >= 0.3 is 0 Å². The SMILES string of the molecule is CCC(=O)c1cccc(S(=O)(=O)NC(C)(CC)CCO)c1. The summed E-state index contributed by atoms with van der Waals surface area (Å²) in [6.07, 6.45) is 1.21. The second-order valence-corrected chi connectivity index (χ2v) is 6.98. The van der Waals surface area contributed by atoms with Crippen molar-refractivity contribution in [2.24, 2.45) is 0 Å². The number of hydrogen-bond donors (Lipinski definition) is 2. The van der Waals surface area contributed by atoms with Crippen LogP contribution in [0.5, 0.6) is 0 Å². The Morgan fingerprint density at radius 1 is 1.33 bits per heavy atom. The van der Waals surface area contributed by atoms with E-state index in [1.54, 1.807) is 26.0 Å². The number of hydrogen-bond acceptors (Lipinski definition) is 4. The zero-order valence-electron chi connectivity index (χ0n) is 12.7. The van der Waals surface area contributed by atoms with Gasteiger partial charge in [-0.05, 0) is 31.9 Å². The van der Waals surface area contributed by atoms with Crippen LogP contribution in [-0.4, -0.2) is 31.5 Å². The van der Waals surface area contributed by atoms with Crippen molar-refractivity contribution in [1.29, 1.82) is 0 Å². The van der Waals surface area contributed by atoms with Gasteiger partial charge in [0.1, 0.15) is 0 Å². The fraction of sp³-hybridized carbons (Fsp3) is 0.533. The zero-order valence-corrected chi connectivity index (χ0v) is 13.5. The van der Waals surface area contributed by atoms with Crippen LogP contribution in [0.2, 0.25) is 0 Å². The highest BCUT2D eigenvalue weighted by atomic mass is 32.2. The minimum atomic E-state index is -3.73. The molecule has 0 radical (unpaired) electrons. The number of nitrogens with one attached hydrogen (secondary N) is 1. The van der Waals surface area contributed by atoms with E-state index in [4.69, 9.17) is 5.11 Å². The average Bonchev–Trinajstić information content (AvgIpc) is 2.46. The summed E-state index contributed by atoms with van der Waals surface area (Å²) in [6, 6.07) is 6.03. The van der Waals surface area contributed by atoms with E-state index in [-0.39, 0.29) is 17.3 Å². The molecule has 118 valence electrons. The summed E-state index contributed by atoms with van der Waals surface area (Å²) in [7, 11) is -3.73. The van der Waals surface area contributed by atoms with Crippen molar-refractivity contribution in [2.45, 2.75) is 50.5 Å². The van der Waals surface area contributed by atoms with E-state index in [0.29, 0.717) is 24.8 Å². The van der Waals surface area contributed by atoms with Crippen LogP contribution in [0.25, 0.3) is 0 Å². The first-order valence-electron chi connectivity index (χ1n) is 7.06. The van der Waals surface area contributed by atoms with E-state index < -0.39 is 15.6 Å². The Morgan fingerprint density at radius 2 is 2.00 bits per heavy atom. The maximum atomic E-state index is 12.4. The van der Waals surface area contributed by atoms with Gasteiger partial charge in [0.05, 0.1) is 4.90 Å². The largest absolute Gasteiger partial charge is 0.396 e. The summed E-state index contributed by atoms with van der Waals surface area (Å²) in [5.41, 5.74) is -0.320. The van der Waals surface area contributed by atoms with Gasteiger partial charge in [-0.25, -0.2) is 13.1 Å². The standard InChI is InChI=1S/C15H23NO4S/c1-4-14(18)12-7-6-8-13(11-12)21(19,20)16-15(3,5-2)9-10-17/h6-8,11,16-17H,4-5,9-10H2,1-3H3. The molecule has 1 aromatic carbocycles. The highest BCUT2D eigenvalue weighted by Crippen LogP contribution is 2.20. The van der Waals surface area contributed by atoms with Gasteiger partial charge in [0.25, 0.3) is 0 Å². The molecular formula is C15H23NO4S. The van der Waals surface area contributed by atoms with Crippen LogP contribution in [0.4, 0.5) is 0 Å². The van der Waals surface area contributed by atoms with Crippen molar-refractivity contribution in [1.82, 2.24) is 4.72 Å². The number of rotatable bonds is 8. The molecule has 1 atom stereocenters.